The van der Waals surface area contributed by atoms with Crippen molar-refractivity contribution in [3.8, 4) is 0 Å². The number of pyridine rings is 1. The second kappa shape index (κ2) is 4.29. The Morgan fingerprint density at radius 2 is 2.06 bits per heavy atom. The Balaban J connectivity index is 2.53. The number of carbonyl (C=O) groups excluding carboxylic acids is 1. The van der Waals surface area contributed by atoms with Crippen LogP contribution in [0.4, 0.5) is 13.2 Å². The van der Waals surface area contributed by atoms with Gasteiger partial charge in [0.25, 0.3) is 0 Å². The van der Waals surface area contributed by atoms with Crippen LogP contribution in [-0.2, 0) is 6.18 Å². The van der Waals surface area contributed by atoms with Crippen LogP contribution in [0.5, 0.6) is 0 Å². The highest BCUT2D eigenvalue weighted by Gasteiger charge is 2.36. The minimum absolute atomic E-state index is 0.103. The van der Waals surface area contributed by atoms with Gasteiger partial charge in [0.05, 0.1) is 17.4 Å². The van der Waals surface area contributed by atoms with Crippen molar-refractivity contribution in [2.45, 2.75) is 13.1 Å². The van der Waals surface area contributed by atoms with E-state index in [1.807, 2.05) is 0 Å². The zero-order chi connectivity index (χ0) is 13.3. The van der Waals surface area contributed by atoms with E-state index in [0.29, 0.717) is 5.56 Å². The summed E-state index contributed by atoms with van der Waals surface area (Å²) in [5.41, 5.74) is -1.04. The molecule has 18 heavy (non-hydrogen) atoms. The molecule has 0 bridgehead atoms. The summed E-state index contributed by atoms with van der Waals surface area (Å²) in [5, 5.41) is 0. The van der Waals surface area contributed by atoms with Crippen molar-refractivity contribution in [1.82, 2.24) is 4.98 Å². The molecule has 94 valence electrons. The number of furan rings is 1. The molecule has 2 aromatic rings. The van der Waals surface area contributed by atoms with E-state index in [-0.39, 0.29) is 5.76 Å². The van der Waals surface area contributed by atoms with Crippen molar-refractivity contribution in [2.75, 3.05) is 0 Å². The largest absolute Gasteiger partial charge is 0.461 e. The summed E-state index contributed by atoms with van der Waals surface area (Å²) in [6.45, 7) is 1.58. The first-order valence-electron chi connectivity index (χ1n) is 5.01. The Morgan fingerprint density at radius 1 is 1.33 bits per heavy atom. The van der Waals surface area contributed by atoms with E-state index in [4.69, 9.17) is 4.42 Å². The number of aromatic nitrogens is 1. The van der Waals surface area contributed by atoms with Crippen LogP contribution in [0.2, 0.25) is 0 Å². The summed E-state index contributed by atoms with van der Waals surface area (Å²) >= 11 is 0. The standard InChI is InChI=1S/C12H8F3NO2/c1-7-3-5-18-11(7)10(17)8-6-16-4-2-9(8)12(13,14)15/h2-6H,1H3. The molecule has 0 aliphatic heterocycles. The summed E-state index contributed by atoms with van der Waals surface area (Å²) in [4.78, 5) is 15.5. The maximum absolute atomic E-state index is 12.7. The molecule has 0 aliphatic rings. The van der Waals surface area contributed by atoms with Gasteiger partial charge in [-0.15, -0.1) is 0 Å². The van der Waals surface area contributed by atoms with Gasteiger partial charge in [-0.1, -0.05) is 0 Å². The topological polar surface area (TPSA) is 43.1 Å². The smallest absolute Gasteiger partial charge is 0.417 e. The molecule has 6 heteroatoms. The quantitative estimate of drug-likeness (QED) is 0.774. The van der Waals surface area contributed by atoms with Crippen LogP contribution in [-0.4, -0.2) is 10.8 Å². The summed E-state index contributed by atoms with van der Waals surface area (Å²) in [5.74, 6) is -0.925. The lowest BCUT2D eigenvalue weighted by atomic mass is 10.0. The number of rotatable bonds is 2. The first kappa shape index (κ1) is 12.3. The second-order valence-corrected chi connectivity index (χ2v) is 3.68. The first-order valence-corrected chi connectivity index (χ1v) is 5.01. The Morgan fingerprint density at radius 3 is 2.61 bits per heavy atom. The normalized spacial score (nSPS) is 11.6. The maximum Gasteiger partial charge on any atom is 0.417 e. The van der Waals surface area contributed by atoms with E-state index < -0.39 is 23.1 Å². The van der Waals surface area contributed by atoms with Gasteiger partial charge in [-0.25, -0.2) is 0 Å². The zero-order valence-electron chi connectivity index (χ0n) is 9.28. The van der Waals surface area contributed by atoms with E-state index >= 15 is 0 Å². The van der Waals surface area contributed by atoms with Gasteiger partial charge in [0.15, 0.2) is 5.76 Å². The number of nitrogens with zero attached hydrogens (tertiary/aromatic N) is 1. The van der Waals surface area contributed by atoms with E-state index in [2.05, 4.69) is 4.98 Å². The van der Waals surface area contributed by atoms with Crippen LogP contribution >= 0.6 is 0 Å². The molecular weight excluding hydrogens is 247 g/mol. The number of aryl methyl sites for hydroxylation is 1. The summed E-state index contributed by atoms with van der Waals surface area (Å²) in [7, 11) is 0. The second-order valence-electron chi connectivity index (χ2n) is 3.68. The van der Waals surface area contributed by atoms with Crippen LogP contribution in [0, 0.1) is 6.92 Å². The van der Waals surface area contributed by atoms with Crippen LogP contribution in [0.3, 0.4) is 0 Å². The number of hydrogen-bond acceptors (Lipinski definition) is 3. The lowest BCUT2D eigenvalue weighted by Gasteiger charge is -2.10. The highest BCUT2D eigenvalue weighted by atomic mass is 19.4. The molecule has 0 fully saturated rings. The fraction of sp³-hybridized carbons (Fsp3) is 0.167. The van der Waals surface area contributed by atoms with E-state index in [0.717, 1.165) is 18.5 Å². The molecule has 2 aromatic heterocycles. The molecule has 0 aliphatic carbocycles. The van der Waals surface area contributed by atoms with Gasteiger partial charge in [0.1, 0.15) is 0 Å². The van der Waals surface area contributed by atoms with E-state index in [1.54, 1.807) is 6.92 Å². The van der Waals surface area contributed by atoms with Crippen molar-refractivity contribution >= 4 is 5.78 Å². The molecule has 0 saturated carbocycles. The Kier molecular flexibility index (Phi) is 2.94. The Hall–Kier alpha value is -2.11. The minimum Gasteiger partial charge on any atom is -0.461 e. The number of alkyl halides is 3. The van der Waals surface area contributed by atoms with Gasteiger partial charge in [0.2, 0.25) is 5.78 Å². The van der Waals surface area contributed by atoms with Gasteiger partial charge in [-0.05, 0) is 24.6 Å². The number of carbonyl (C=O) groups is 1. The Labute approximate surface area is 100 Å². The molecular formula is C12H8F3NO2. The number of ketones is 1. The molecule has 0 N–H and O–H groups in total. The van der Waals surface area contributed by atoms with Crippen molar-refractivity contribution < 1.29 is 22.4 Å². The van der Waals surface area contributed by atoms with Crippen molar-refractivity contribution in [3.05, 3.63) is 53.2 Å². The third kappa shape index (κ3) is 2.13. The van der Waals surface area contributed by atoms with Gasteiger partial charge in [-0.2, -0.15) is 13.2 Å². The lowest BCUT2D eigenvalue weighted by molar-refractivity contribution is -0.137. The molecule has 0 aromatic carbocycles. The van der Waals surface area contributed by atoms with Gasteiger partial charge >= 0.3 is 6.18 Å². The first-order chi connectivity index (χ1) is 8.41. The molecule has 3 nitrogen and oxygen atoms in total. The van der Waals surface area contributed by atoms with Crippen LogP contribution in [0.15, 0.2) is 35.2 Å². The molecule has 0 unspecified atom stereocenters. The molecule has 0 atom stereocenters. The Bertz CT molecular complexity index is 587. The molecule has 0 radical (unpaired) electrons. The van der Waals surface area contributed by atoms with E-state index in [1.165, 1.54) is 12.3 Å². The lowest BCUT2D eigenvalue weighted by Crippen LogP contribution is -2.14. The zero-order valence-corrected chi connectivity index (χ0v) is 9.28. The van der Waals surface area contributed by atoms with Crippen LogP contribution in [0.1, 0.15) is 27.2 Å². The van der Waals surface area contributed by atoms with Gasteiger partial charge < -0.3 is 4.42 Å². The molecule has 2 heterocycles. The van der Waals surface area contributed by atoms with Crippen molar-refractivity contribution in [2.24, 2.45) is 0 Å². The van der Waals surface area contributed by atoms with Crippen molar-refractivity contribution in [3.63, 3.8) is 0 Å². The minimum atomic E-state index is -4.60. The molecule has 0 amide bonds. The average molecular weight is 255 g/mol. The van der Waals surface area contributed by atoms with E-state index in [9.17, 15) is 18.0 Å². The summed E-state index contributed by atoms with van der Waals surface area (Å²) in [6, 6.07) is 2.28. The van der Waals surface area contributed by atoms with Crippen molar-refractivity contribution in [1.29, 1.82) is 0 Å². The van der Waals surface area contributed by atoms with Gasteiger partial charge in [0, 0.05) is 12.4 Å². The highest BCUT2D eigenvalue weighted by Crippen LogP contribution is 2.32. The molecule has 0 spiro atoms. The monoisotopic (exact) mass is 255 g/mol. The summed E-state index contributed by atoms with van der Waals surface area (Å²) in [6.07, 6.45) is -1.46. The summed E-state index contributed by atoms with van der Waals surface area (Å²) < 4.78 is 43.1. The number of hydrogen-bond donors (Lipinski definition) is 0. The third-order valence-corrected chi connectivity index (χ3v) is 2.44. The maximum atomic E-state index is 12.7. The SMILES string of the molecule is Cc1ccoc1C(=O)c1cnccc1C(F)(F)F. The van der Waals surface area contributed by atoms with Crippen LogP contribution < -0.4 is 0 Å². The fourth-order valence-corrected chi connectivity index (χ4v) is 1.55. The average Bonchev–Trinajstić information content (AvgIpc) is 2.73. The number of halogens is 3. The predicted molar refractivity (Wildman–Crippen MR) is 56.1 cm³/mol. The van der Waals surface area contributed by atoms with Crippen LogP contribution in [0.25, 0.3) is 0 Å². The van der Waals surface area contributed by atoms with Gasteiger partial charge in [-0.3, -0.25) is 9.78 Å². The molecule has 0 saturated heterocycles. The predicted octanol–water partition coefficient (Wildman–Crippen LogP) is 3.23. The molecule has 2 rings (SSSR count). The third-order valence-electron chi connectivity index (χ3n) is 2.44. The highest BCUT2D eigenvalue weighted by molar-refractivity contribution is 6.08. The fourth-order valence-electron chi connectivity index (χ4n) is 1.55.